The summed E-state index contributed by atoms with van der Waals surface area (Å²) in [5.41, 5.74) is -11.1. The predicted octanol–water partition coefficient (Wildman–Crippen LogP) is 2.47. The summed E-state index contributed by atoms with van der Waals surface area (Å²) in [4.78, 5) is 0. The second-order valence-corrected chi connectivity index (χ2v) is 12.3. The fourth-order valence-corrected chi connectivity index (χ4v) is 5.31. The Morgan fingerprint density at radius 1 is 0.938 bits per heavy atom. The van der Waals surface area contributed by atoms with Gasteiger partial charge in [-0.3, -0.25) is 0 Å². The maximum Gasteiger partial charge on any atom is 0.506 e. The summed E-state index contributed by atoms with van der Waals surface area (Å²) in [6, 6.07) is 4.97. The van der Waals surface area contributed by atoms with Crippen molar-refractivity contribution in [2.75, 3.05) is 21.3 Å². The normalized spacial score (nSPS) is 13.4. The topological polar surface area (TPSA) is 114 Å². The molecule has 0 saturated carbocycles. The van der Waals surface area contributed by atoms with Crippen LogP contribution in [0.15, 0.2) is 24.5 Å². The van der Waals surface area contributed by atoms with E-state index in [2.05, 4.69) is 36.0 Å². The predicted molar refractivity (Wildman–Crippen MR) is 101 cm³/mol. The van der Waals surface area contributed by atoms with Crippen LogP contribution in [0.1, 0.15) is 12.5 Å². The van der Waals surface area contributed by atoms with E-state index in [1.807, 2.05) is 0 Å². The molecule has 0 aliphatic heterocycles. The number of hydrogen-bond acceptors (Lipinski definition) is 7. The van der Waals surface area contributed by atoms with E-state index in [4.69, 9.17) is 13.3 Å². The average Bonchev–Trinajstić information content (AvgIpc) is 2.68. The van der Waals surface area contributed by atoms with Gasteiger partial charge in [-0.05, 0) is 12.5 Å². The van der Waals surface area contributed by atoms with Crippen LogP contribution in [0, 0.1) is 0 Å². The Kier molecular flexibility index (Phi) is 11.2. The van der Waals surface area contributed by atoms with Gasteiger partial charge in [-0.15, -0.1) is 0 Å². The molecule has 0 fully saturated rings. The second-order valence-electron chi connectivity index (χ2n) is 5.77. The smallest absolute Gasteiger partial charge is 0.421 e. The Morgan fingerprint density at radius 2 is 1.38 bits per heavy atom. The number of halogens is 6. The van der Waals surface area contributed by atoms with Crippen LogP contribution in [0.4, 0.5) is 26.3 Å². The fourth-order valence-electron chi connectivity index (χ4n) is 1.96. The number of rotatable bonds is 9. The van der Waals surface area contributed by atoms with Gasteiger partial charge in [-0.25, -0.2) is 21.4 Å². The first-order valence-corrected chi connectivity index (χ1v) is 13.2. The quantitative estimate of drug-likeness (QED) is 0.271. The van der Waals surface area contributed by atoms with Gasteiger partial charge >= 0.3 is 19.8 Å². The molecule has 0 N–H and O–H groups in total. The molecular formula is C14H22F6N2O7S2Si. The van der Waals surface area contributed by atoms with Crippen LogP contribution >= 0.6 is 0 Å². The standard InChI is InChI=1S/C12H22NO3Si.C2F6NO4S2/c1-5-12-7-6-8-13(11-12)9-10-17(14-2,15-3)16-4;3-1(4,5)14(10,11)9-15(12,13)2(6,7)8/h6-8,11H,5,9-10H2,1-4H3;/q+1;-1. The van der Waals surface area contributed by atoms with Crippen molar-refractivity contribution in [2.45, 2.75) is 37.0 Å². The number of alkyl halides is 6. The molecule has 0 aromatic carbocycles. The molecule has 1 rings (SSSR count). The molecular weight excluding hydrogens is 514 g/mol. The number of nitrogens with zero attached hydrogens (tertiary/aromatic N) is 2. The number of pyridine rings is 1. The van der Waals surface area contributed by atoms with Crippen molar-refractivity contribution < 1.29 is 61.0 Å². The first kappa shape index (κ1) is 30.7. The van der Waals surface area contributed by atoms with Crippen molar-refractivity contribution >= 4 is 28.9 Å². The van der Waals surface area contributed by atoms with Gasteiger partial charge in [0, 0.05) is 33.0 Å². The van der Waals surface area contributed by atoms with Gasteiger partial charge in [0.25, 0.3) is 0 Å². The maximum atomic E-state index is 11.4. The lowest BCUT2D eigenvalue weighted by Gasteiger charge is -2.22. The molecule has 0 atom stereocenters. The molecule has 9 nitrogen and oxygen atoms in total. The molecule has 188 valence electrons. The van der Waals surface area contributed by atoms with Crippen LogP contribution in [0.2, 0.25) is 6.04 Å². The van der Waals surface area contributed by atoms with Gasteiger partial charge < -0.3 is 17.4 Å². The summed E-state index contributed by atoms with van der Waals surface area (Å²) in [5.74, 6) is 0. The Labute approximate surface area is 182 Å². The molecule has 0 radical (unpaired) electrons. The van der Waals surface area contributed by atoms with Crippen molar-refractivity contribution in [3.8, 4) is 0 Å². The van der Waals surface area contributed by atoms with Crippen LogP contribution in [0.3, 0.4) is 0 Å². The number of aromatic nitrogens is 1. The van der Waals surface area contributed by atoms with Crippen molar-refractivity contribution in [1.82, 2.24) is 0 Å². The van der Waals surface area contributed by atoms with E-state index in [0.717, 1.165) is 23.1 Å². The zero-order chi connectivity index (χ0) is 25.4. The van der Waals surface area contributed by atoms with E-state index in [0.29, 0.717) is 0 Å². The van der Waals surface area contributed by atoms with E-state index < -0.39 is 39.9 Å². The minimum atomic E-state index is -6.72. The highest BCUT2D eigenvalue weighted by atomic mass is 32.3. The van der Waals surface area contributed by atoms with Crippen molar-refractivity contribution in [3.63, 3.8) is 0 Å². The Hall–Kier alpha value is -1.31. The minimum absolute atomic E-state index is 0.772. The molecule has 0 aliphatic carbocycles. The lowest BCUT2D eigenvalue weighted by Crippen LogP contribution is -2.47. The number of sulfonamides is 2. The van der Waals surface area contributed by atoms with Crippen molar-refractivity contribution in [3.05, 3.63) is 34.2 Å². The molecule has 0 unspecified atom stereocenters. The monoisotopic (exact) mass is 536 g/mol. The summed E-state index contributed by atoms with van der Waals surface area (Å²) >= 11 is 0. The van der Waals surface area contributed by atoms with E-state index in [1.54, 1.807) is 21.3 Å². The van der Waals surface area contributed by atoms with E-state index in [9.17, 15) is 43.2 Å². The second kappa shape index (κ2) is 11.7. The molecule has 0 bridgehead atoms. The van der Waals surface area contributed by atoms with Crippen molar-refractivity contribution in [2.24, 2.45) is 0 Å². The van der Waals surface area contributed by atoms with Gasteiger partial charge in [0.1, 0.15) is 0 Å². The Morgan fingerprint density at radius 3 is 1.72 bits per heavy atom. The summed E-state index contributed by atoms with van der Waals surface area (Å²) in [5, 5.41) is 0. The Bertz CT molecular complexity index is 885. The molecule has 1 heterocycles. The molecule has 1 aromatic rings. The summed E-state index contributed by atoms with van der Waals surface area (Å²) < 4.78 is 128. The lowest BCUT2D eigenvalue weighted by molar-refractivity contribution is -0.694. The zero-order valence-electron chi connectivity index (χ0n) is 17.3. The van der Waals surface area contributed by atoms with E-state index >= 15 is 0 Å². The zero-order valence-corrected chi connectivity index (χ0v) is 19.9. The minimum Gasteiger partial charge on any atom is -0.421 e. The van der Waals surface area contributed by atoms with Gasteiger partial charge in [-0.1, -0.05) is 6.92 Å². The largest absolute Gasteiger partial charge is 0.506 e. The van der Waals surface area contributed by atoms with Crippen molar-refractivity contribution in [1.29, 1.82) is 0 Å². The molecule has 0 saturated heterocycles. The van der Waals surface area contributed by atoms with Gasteiger partial charge in [0.2, 0.25) is 0 Å². The molecule has 0 spiro atoms. The van der Waals surface area contributed by atoms with E-state index in [-0.39, 0.29) is 0 Å². The van der Waals surface area contributed by atoms with Crippen LogP contribution in [-0.4, -0.2) is 58.0 Å². The summed E-state index contributed by atoms with van der Waals surface area (Å²) in [7, 11) is -11.0. The van der Waals surface area contributed by atoms with Gasteiger partial charge in [0.15, 0.2) is 39.0 Å². The van der Waals surface area contributed by atoms with Gasteiger partial charge in [-0.2, -0.15) is 26.3 Å². The number of aryl methyl sites for hydroxylation is 2. The highest BCUT2D eigenvalue weighted by Crippen LogP contribution is 2.36. The molecule has 18 heteroatoms. The van der Waals surface area contributed by atoms with E-state index in [1.165, 1.54) is 5.56 Å². The molecule has 1 aromatic heterocycles. The first-order chi connectivity index (χ1) is 14.4. The Balaban J connectivity index is 0.000000607. The fraction of sp³-hybridized carbons (Fsp3) is 0.643. The average molecular weight is 537 g/mol. The van der Waals surface area contributed by atoms with Crippen LogP contribution in [-0.2, 0) is 46.3 Å². The summed E-state index contributed by atoms with van der Waals surface area (Å²) in [6.07, 6.45) is 5.25. The number of hydrogen-bond donors (Lipinski definition) is 0. The van der Waals surface area contributed by atoms with Crippen LogP contribution in [0.5, 0.6) is 0 Å². The summed E-state index contributed by atoms with van der Waals surface area (Å²) in [6.45, 7) is 2.99. The highest BCUT2D eigenvalue weighted by Gasteiger charge is 2.47. The third-order valence-electron chi connectivity index (χ3n) is 3.72. The van der Waals surface area contributed by atoms with Crippen LogP contribution < -0.4 is 4.57 Å². The highest BCUT2D eigenvalue weighted by molar-refractivity contribution is 8.13. The lowest BCUT2D eigenvalue weighted by atomic mass is 10.2. The SMILES string of the molecule is CCc1ccc[n+](CC[Si](OC)(OC)OC)c1.O=S(=O)([N-]S(=O)(=O)C(F)(F)F)C(F)(F)F. The first-order valence-electron chi connectivity index (χ1n) is 8.40. The molecule has 0 aliphatic rings. The third kappa shape index (κ3) is 8.91. The van der Waals surface area contributed by atoms with Crippen LogP contribution in [0.25, 0.3) is 4.13 Å². The van der Waals surface area contributed by atoms with Gasteiger partial charge in [0.05, 0.1) is 6.04 Å². The molecule has 32 heavy (non-hydrogen) atoms. The maximum absolute atomic E-state index is 11.4. The molecule has 0 amide bonds. The third-order valence-corrected chi connectivity index (χ3v) is 9.16.